The number of nitrogens with zero attached hydrogens (tertiary/aromatic N) is 2. The van der Waals surface area contributed by atoms with Crippen LogP contribution in [0.4, 0.5) is 0 Å². The van der Waals surface area contributed by atoms with Gasteiger partial charge in [-0.15, -0.1) is 0 Å². The summed E-state index contributed by atoms with van der Waals surface area (Å²) in [4.78, 5) is 46.4. The van der Waals surface area contributed by atoms with Gasteiger partial charge in [-0.25, -0.2) is 4.98 Å². The highest BCUT2D eigenvalue weighted by Gasteiger charge is 2.16. The van der Waals surface area contributed by atoms with Gasteiger partial charge >= 0.3 is 11.9 Å². The predicted octanol–water partition coefficient (Wildman–Crippen LogP) is 7.80. The number of nitrogens with two attached hydrogens (primary N) is 1. The molecule has 0 aliphatic carbocycles. The van der Waals surface area contributed by atoms with Gasteiger partial charge in [-0.1, -0.05) is 129 Å². The second-order valence-electron chi connectivity index (χ2n) is 13.7. The molecule has 10 heteroatoms. The largest absolute Gasteiger partial charge is 0.466 e. The highest BCUT2D eigenvalue weighted by atomic mass is 16.5. The van der Waals surface area contributed by atoms with E-state index in [9.17, 15) is 14.4 Å². The lowest BCUT2D eigenvalue weighted by molar-refractivity contribution is -0.144. The van der Waals surface area contributed by atoms with Crippen LogP contribution in [0, 0.1) is 0 Å². The Hall–Kier alpha value is -2.46. The Morgan fingerprint density at radius 3 is 1.57 bits per heavy atom. The molecule has 0 saturated carbocycles. The molecule has 1 rings (SSSR count). The van der Waals surface area contributed by atoms with E-state index in [0.29, 0.717) is 52.2 Å². The van der Waals surface area contributed by atoms with Crippen LogP contribution in [0.25, 0.3) is 0 Å². The number of amides is 1. The number of hydrogen-bond acceptors (Lipinski definition) is 8. The van der Waals surface area contributed by atoms with Gasteiger partial charge in [0.25, 0.3) is 0 Å². The van der Waals surface area contributed by atoms with Crippen LogP contribution in [-0.2, 0) is 30.3 Å². The summed E-state index contributed by atoms with van der Waals surface area (Å²) in [5, 5.41) is 2.90. The lowest BCUT2D eigenvalue weighted by Gasteiger charge is -2.22. The lowest BCUT2D eigenvalue weighted by Crippen LogP contribution is -2.43. The van der Waals surface area contributed by atoms with Gasteiger partial charge in [-0.05, 0) is 25.8 Å². The highest BCUT2D eigenvalue weighted by molar-refractivity contribution is 5.81. The molecule has 0 fully saturated rings. The average molecular weight is 692 g/mol. The fourth-order valence-electron chi connectivity index (χ4n) is 5.90. The summed E-state index contributed by atoms with van der Waals surface area (Å²) in [6.07, 6.45) is 29.6. The minimum Gasteiger partial charge on any atom is -0.466 e. The van der Waals surface area contributed by atoms with Crippen molar-refractivity contribution >= 4 is 17.8 Å². The molecule has 0 aliphatic heterocycles. The van der Waals surface area contributed by atoms with Crippen LogP contribution in [0.2, 0.25) is 0 Å². The summed E-state index contributed by atoms with van der Waals surface area (Å²) in [5.41, 5.74) is 6.85. The number of carbonyl (C=O) groups excluding carboxylic acids is 3. The summed E-state index contributed by atoms with van der Waals surface area (Å²) < 4.78 is 11.0. The van der Waals surface area contributed by atoms with Crippen molar-refractivity contribution in [2.75, 3.05) is 39.4 Å². The molecule has 0 aliphatic rings. The highest BCUT2D eigenvalue weighted by Crippen LogP contribution is 2.12. The number of imidazole rings is 1. The molecule has 0 radical (unpaired) electrons. The van der Waals surface area contributed by atoms with Crippen molar-refractivity contribution in [3.8, 4) is 0 Å². The maximum atomic E-state index is 12.5. The number of rotatable bonds is 35. The van der Waals surface area contributed by atoms with Crippen LogP contribution in [0.15, 0.2) is 12.5 Å². The van der Waals surface area contributed by atoms with Crippen LogP contribution in [0.5, 0.6) is 0 Å². The number of aromatic amines is 1. The molecule has 10 nitrogen and oxygen atoms in total. The number of ether oxygens (including phenoxy) is 2. The minimum absolute atomic E-state index is 0.206. The first-order valence-corrected chi connectivity index (χ1v) is 20.0. The molecule has 0 spiro atoms. The van der Waals surface area contributed by atoms with Crippen molar-refractivity contribution in [2.45, 2.75) is 174 Å². The molecule has 0 bridgehead atoms. The van der Waals surface area contributed by atoms with Gasteiger partial charge in [0.15, 0.2) is 0 Å². The second-order valence-corrected chi connectivity index (χ2v) is 13.7. The first-order valence-electron chi connectivity index (χ1n) is 20.0. The van der Waals surface area contributed by atoms with Gasteiger partial charge in [0, 0.05) is 37.9 Å². The van der Waals surface area contributed by atoms with E-state index in [-0.39, 0.29) is 30.7 Å². The summed E-state index contributed by atoms with van der Waals surface area (Å²) in [7, 11) is 0. The fraction of sp³-hybridized carbons (Fsp3) is 0.846. The third-order valence-electron chi connectivity index (χ3n) is 9.07. The summed E-state index contributed by atoms with van der Waals surface area (Å²) in [5.74, 6) is -0.627. The van der Waals surface area contributed by atoms with Gasteiger partial charge in [0.2, 0.25) is 5.91 Å². The van der Waals surface area contributed by atoms with E-state index in [2.05, 4.69) is 34.0 Å². The fourth-order valence-corrected chi connectivity index (χ4v) is 5.90. The number of aromatic nitrogens is 2. The normalized spacial score (nSPS) is 11.9. The Kier molecular flexibility index (Phi) is 29.8. The van der Waals surface area contributed by atoms with Crippen molar-refractivity contribution in [1.29, 1.82) is 0 Å². The second kappa shape index (κ2) is 32.7. The van der Waals surface area contributed by atoms with Crippen molar-refractivity contribution in [3.63, 3.8) is 0 Å². The summed E-state index contributed by atoms with van der Waals surface area (Å²) in [6.45, 7) is 7.50. The molecule has 1 unspecified atom stereocenters. The molecule has 1 aromatic heterocycles. The van der Waals surface area contributed by atoms with Crippen molar-refractivity contribution < 1.29 is 23.9 Å². The SMILES string of the molecule is CCCCCCCCCCCCOC(=O)CCN(CCCNC(=O)C(N)Cc1cnc[nH]1)CCC(=O)OCCCCCCCCCCCC. The molecule has 0 saturated heterocycles. The predicted molar refractivity (Wildman–Crippen MR) is 199 cm³/mol. The Morgan fingerprint density at radius 1 is 0.694 bits per heavy atom. The summed E-state index contributed by atoms with van der Waals surface area (Å²) >= 11 is 0. The maximum Gasteiger partial charge on any atom is 0.307 e. The Morgan fingerprint density at radius 2 is 1.14 bits per heavy atom. The van der Waals surface area contributed by atoms with Crippen LogP contribution >= 0.6 is 0 Å². The van der Waals surface area contributed by atoms with Gasteiger partial charge < -0.3 is 30.4 Å². The van der Waals surface area contributed by atoms with E-state index in [1.807, 2.05) is 0 Å². The zero-order valence-electron chi connectivity index (χ0n) is 31.5. The standard InChI is InChI=1S/C39H73N5O5/c1-3-5-7-9-11-13-15-17-19-21-30-48-37(45)24-28-44(27-23-26-42-39(47)36(40)32-35-33-41-34-43-35)29-25-38(46)49-31-22-20-18-16-14-12-10-8-6-4-2/h33-34,36H,3-32,40H2,1-2H3,(H,41,43)(H,42,47). The smallest absolute Gasteiger partial charge is 0.307 e. The third-order valence-corrected chi connectivity index (χ3v) is 9.07. The van der Waals surface area contributed by atoms with Crippen LogP contribution in [0.1, 0.15) is 167 Å². The first kappa shape index (κ1) is 44.6. The Balaban J connectivity index is 2.30. The molecule has 1 atom stereocenters. The summed E-state index contributed by atoms with van der Waals surface area (Å²) in [6, 6.07) is -0.660. The molecule has 49 heavy (non-hydrogen) atoms. The molecule has 0 aromatic carbocycles. The number of unbranched alkanes of at least 4 members (excludes halogenated alkanes) is 18. The first-order chi connectivity index (χ1) is 24.0. The van der Waals surface area contributed by atoms with Crippen molar-refractivity contribution in [2.24, 2.45) is 5.73 Å². The molecule has 1 aromatic rings. The molecular weight excluding hydrogens is 618 g/mol. The van der Waals surface area contributed by atoms with E-state index in [4.69, 9.17) is 15.2 Å². The van der Waals surface area contributed by atoms with Crippen molar-refractivity contribution in [1.82, 2.24) is 20.2 Å². The average Bonchev–Trinajstić information content (AvgIpc) is 3.61. The van der Waals surface area contributed by atoms with Crippen LogP contribution < -0.4 is 11.1 Å². The molecule has 1 amide bonds. The topological polar surface area (TPSA) is 140 Å². The minimum atomic E-state index is -0.660. The Labute approximate surface area is 298 Å². The maximum absolute atomic E-state index is 12.5. The van der Waals surface area contributed by atoms with Gasteiger partial charge in [-0.2, -0.15) is 0 Å². The van der Waals surface area contributed by atoms with Crippen LogP contribution in [0.3, 0.4) is 0 Å². The molecule has 284 valence electrons. The Bertz CT molecular complexity index is 872. The zero-order chi connectivity index (χ0) is 35.6. The van der Waals surface area contributed by atoms with Gasteiger partial charge in [0.1, 0.15) is 0 Å². The number of esters is 2. The number of hydrogen-bond donors (Lipinski definition) is 3. The van der Waals surface area contributed by atoms with Crippen LogP contribution in [-0.4, -0.2) is 78.1 Å². The van der Waals surface area contributed by atoms with E-state index in [1.165, 1.54) is 103 Å². The van der Waals surface area contributed by atoms with E-state index < -0.39 is 6.04 Å². The third kappa shape index (κ3) is 28.0. The number of H-pyrrole nitrogens is 1. The van der Waals surface area contributed by atoms with E-state index in [0.717, 1.165) is 31.4 Å². The monoisotopic (exact) mass is 692 g/mol. The van der Waals surface area contributed by atoms with Gasteiger partial charge in [0.05, 0.1) is 38.4 Å². The van der Waals surface area contributed by atoms with E-state index >= 15 is 0 Å². The zero-order valence-corrected chi connectivity index (χ0v) is 31.5. The molecule has 1 heterocycles. The number of carbonyl (C=O) groups is 3. The van der Waals surface area contributed by atoms with E-state index in [1.54, 1.807) is 12.5 Å². The lowest BCUT2D eigenvalue weighted by atomic mass is 10.1. The quantitative estimate of drug-likeness (QED) is 0.0484. The molecule has 4 N–H and O–H groups in total. The van der Waals surface area contributed by atoms with Gasteiger partial charge in [-0.3, -0.25) is 14.4 Å². The number of nitrogens with one attached hydrogen (secondary N) is 2. The molecular formula is C39H73N5O5. The van der Waals surface area contributed by atoms with Crippen molar-refractivity contribution in [3.05, 3.63) is 18.2 Å².